The van der Waals surface area contributed by atoms with Crippen molar-refractivity contribution in [2.75, 3.05) is 7.11 Å². The number of carbonyl (C=O) groups is 1. The molecule has 1 rings (SSSR count). The Balaban J connectivity index is 3.12. The van der Waals surface area contributed by atoms with E-state index in [-0.39, 0.29) is 0 Å². The molecule has 3 heteroatoms. The monoisotopic (exact) mass is 220 g/mol. The van der Waals surface area contributed by atoms with E-state index in [0.29, 0.717) is 5.92 Å². The van der Waals surface area contributed by atoms with Crippen LogP contribution in [-0.2, 0) is 4.79 Å². The van der Waals surface area contributed by atoms with Crippen LogP contribution in [0.25, 0.3) is 6.08 Å². The van der Waals surface area contributed by atoms with E-state index in [0.717, 1.165) is 23.0 Å². The summed E-state index contributed by atoms with van der Waals surface area (Å²) in [7, 11) is 1.62. The SMILES string of the molecule is COc1ccc(/C=C/C(=O)O)c(C(C)C)c1. The Morgan fingerprint density at radius 1 is 1.44 bits per heavy atom. The molecule has 16 heavy (non-hydrogen) atoms. The molecule has 3 nitrogen and oxygen atoms in total. The average molecular weight is 220 g/mol. The highest BCUT2D eigenvalue weighted by atomic mass is 16.5. The fourth-order valence-corrected chi connectivity index (χ4v) is 1.49. The highest BCUT2D eigenvalue weighted by Gasteiger charge is 2.06. The molecule has 0 aliphatic heterocycles. The van der Waals surface area contributed by atoms with Crippen molar-refractivity contribution in [2.24, 2.45) is 0 Å². The maximum atomic E-state index is 10.5. The van der Waals surface area contributed by atoms with E-state index in [9.17, 15) is 4.79 Å². The van der Waals surface area contributed by atoms with Crippen molar-refractivity contribution >= 4 is 12.0 Å². The quantitative estimate of drug-likeness (QED) is 0.793. The summed E-state index contributed by atoms with van der Waals surface area (Å²) in [6.07, 6.45) is 2.75. The number of benzene rings is 1. The number of ether oxygens (including phenoxy) is 1. The molecular formula is C13H16O3. The van der Waals surface area contributed by atoms with Crippen LogP contribution in [0.2, 0.25) is 0 Å². The minimum atomic E-state index is -0.939. The van der Waals surface area contributed by atoms with E-state index in [4.69, 9.17) is 9.84 Å². The first-order valence-corrected chi connectivity index (χ1v) is 5.13. The van der Waals surface area contributed by atoms with E-state index >= 15 is 0 Å². The molecule has 0 fully saturated rings. The molecule has 0 atom stereocenters. The lowest BCUT2D eigenvalue weighted by molar-refractivity contribution is -0.131. The smallest absolute Gasteiger partial charge is 0.328 e. The zero-order valence-corrected chi connectivity index (χ0v) is 9.73. The van der Waals surface area contributed by atoms with E-state index in [1.807, 2.05) is 18.2 Å². The topological polar surface area (TPSA) is 46.5 Å². The number of aliphatic carboxylic acids is 1. The van der Waals surface area contributed by atoms with E-state index in [2.05, 4.69) is 13.8 Å². The summed E-state index contributed by atoms with van der Waals surface area (Å²) in [5.41, 5.74) is 2.00. The second kappa shape index (κ2) is 5.35. The minimum Gasteiger partial charge on any atom is -0.497 e. The molecular weight excluding hydrogens is 204 g/mol. The number of carboxylic acids is 1. The van der Waals surface area contributed by atoms with Crippen LogP contribution in [0.5, 0.6) is 5.75 Å². The van der Waals surface area contributed by atoms with Crippen LogP contribution in [0.4, 0.5) is 0 Å². The van der Waals surface area contributed by atoms with Crippen LogP contribution < -0.4 is 4.74 Å². The number of rotatable bonds is 4. The fraction of sp³-hybridized carbons (Fsp3) is 0.308. The molecule has 0 radical (unpaired) electrons. The normalized spacial score (nSPS) is 11.0. The van der Waals surface area contributed by atoms with Gasteiger partial charge in [0.2, 0.25) is 0 Å². The highest BCUT2D eigenvalue weighted by Crippen LogP contribution is 2.25. The maximum absolute atomic E-state index is 10.5. The summed E-state index contributed by atoms with van der Waals surface area (Å²) >= 11 is 0. The Morgan fingerprint density at radius 3 is 2.62 bits per heavy atom. The van der Waals surface area contributed by atoms with Gasteiger partial charge in [0.05, 0.1) is 7.11 Å². The van der Waals surface area contributed by atoms with Crippen molar-refractivity contribution in [1.82, 2.24) is 0 Å². The van der Waals surface area contributed by atoms with Gasteiger partial charge in [-0.2, -0.15) is 0 Å². The molecule has 0 saturated carbocycles. The minimum absolute atomic E-state index is 0.323. The molecule has 0 aliphatic carbocycles. The molecule has 0 saturated heterocycles. The molecule has 0 bridgehead atoms. The van der Waals surface area contributed by atoms with Crippen molar-refractivity contribution in [3.8, 4) is 5.75 Å². The maximum Gasteiger partial charge on any atom is 0.328 e. The predicted octanol–water partition coefficient (Wildman–Crippen LogP) is 2.92. The molecule has 0 spiro atoms. The van der Waals surface area contributed by atoms with Crippen LogP contribution in [0, 0.1) is 0 Å². The predicted molar refractivity (Wildman–Crippen MR) is 63.8 cm³/mol. The van der Waals surface area contributed by atoms with Gasteiger partial charge in [0.15, 0.2) is 0 Å². The Bertz CT molecular complexity index is 406. The summed E-state index contributed by atoms with van der Waals surface area (Å²) in [5, 5.41) is 8.59. The van der Waals surface area contributed by atoms with Gasteiger partial charge in [-0.05, 0) is 35.3 Å². The van der Waals surface area contributed by atoms with Gasteiger partial charge < -0.3 is 9.84 Å². The van der Waals surface area contributed by atoms with E-state index in [1.54, 1.807) is 13.2 Å². The second-order valence-corrected chi connectivity index (χ2v) is 3.82. The van der Waals surface area contributed by atoms with Gasteiger partial charge in [0.25, 0.3) is 0 Å². The van der Waals surface area contributed by atoms with Gasteiger partial charge in [-0.15, -0.1) is 0 Å². The van der Waals surface area contributed by atoms with E-state index in [1.165, 1.54) is 0 Å². The van der Waals surface area contributed by atoms with Crippen molar-refractivity contribution in [1.29, 1.82) is 0 Å². The first-order chi connectivity index (χ1) is 7.54. The van der Waals surface area contributed by atoms with Gasteiger partial charge in [0.1, 0.15) is 5.75 Å². The Labute approximate surface area is 95.4 Å². The first-order valence-electron chi connectivity index (χ1n) is 5.13. The van der Waals surface area contributed by atoms with Gasteiger partial charge in [-0.1, -0.05) is 19.9 Å². The zero-order valence-electron chi connectivity index (χ0n) is 9.73. The molecule has 0 aromatic heterocycles. The van der Waals surface area contributed by atoms with Crippen molar-refractivity contribution in [3.05, 3.63) is 35.4 Å². The van der Waals surface area contributed by atoms with Crippen LogP contribution in [0.3, 0.4) is 0 Å². The lowest BCUT2D eigenvalue weighted by atomic mass is 9.96. The number of hydrogen-bond acceptors (Lipinski definition) is 2. The van der Waals surface area contributed by atoms with Gasteiger partial charge >= 0.3 is 5.97 Å². The van der Waals surface area contributed by atoms with Crippen molar-refractivity contribution in [3.63, 3.8) is 0 Å². The molecule has 1 N–H and O–H groups in total. The van der Waals surface area contributed by atoms with Gasteiger partial charge in [0, 0.05) is 6.08 Å². The fourth-order valence-electron chi connectivity index (χ4n) is 1.49. The molecule has 0 unspecified atom stereocenters. The second-order valence-electron chi connectivity index (χ2n) is 3.82. The first kappa shape index (κ1) is 12.3. The molecule has 1 aromatic carbocycles. The summed E-state index contributed by atoms with van der Waals surface area (Å²) < 4.78 is 5.15. The molecule has 0 heterocycles. The van der Waals surface area contributed by atoms with Crippen LogP contribution >= 0.6 is 0 Å². The Kier molecular flexibility index (Phi) is 4.11. The van der Waals surface area contributed by atoms with Gasteiger partial charge in [-0.3, -0.25) is 0 Å². The number of carboxylic acid groups (broad SMARTS) is 1. The van der Waals surface area contributed by atoms with Crippen LogP contribution in [0.1, 0.15) is 30.9 Å². The Hall–Kier alpha value is -1.77. The lowest BCUT2D eigenvalue weighted by Crippen LogP contribution is -1.94. The Morgan fingerprint density at radius 2 is 2.12 bits per heavy atom. The van der Waals surface area contributed by atoms with Gasteiger partial charge in [-0.25, -0.2) is 4.79 Å². The van der Waals surface area contributed by atoms with Crippen LogP contribution in [0.15, 0.2) is 24.3 Å². The highest BCUT2D eigenvalue weighted by molar-refractivity contribution is 5.85. The lowest BCUT2D eigenvalue weighted by Gasteiger charge is -2.11. The third-order valence-corrected chi connectivity index (χ3v) is 2.32. The summed E-state index contributed by atoms with van der Waals surface area (Å²) in [6, 6.07) is 5.63. The summed E-state index contributed by atoms with van der Waals surface area (Å²) in [6.45, 7) is 4.12. The molecule has 0 aliphatic rings. The molecule has 0 amide bonds. The summed E-state index contributed by atoms with van der Waals surface area (Å²) in [5.74, 6) is 0.172. The van der Waals surface area contributed by atoms with E-state index < -0.39 is 5.97 Å². The van der Waals surface area contributed by atoms with Crippen LogP contribution in [-0.4, -0.2) is 18.2 Å². The summed E-state index contributed by atoms with van der Waals surface area (Å²) in [4.78, 5) is 10.5. The number of hydrogen-bond donors (Lipinski definition) is 1. The third kappa shape index (κ3) is 3.12. The van der Waals surface area contributed by atoms with Crippen molar-refractivity contribution < 1.29 is 14.6 Å². The average Bonchev–Trinajstić information content (AvgIpc) is 2.25. The zero-order chi connectivity index (χ0) is 12.1. The number of methoxy groups -OCH3 is 1. The molecule has 86 valence electrons. The third-order valence-electron chi connectivity index (χ3n) is 2.32. The molecule has 1 aromatic rings. The standard InChI is InChI=1S/C13H16O3/c1-9(2)12-8-11(16-3)6-4-10(12)5-7-13(14)15/h4-9H,1-3H3,(H,14,15)/b7-5+. The largest absolute Gasteiger partial charge is 0.497 e. The van der Waals surface area contributed by atoms with Crippen molar-refractivity contribution in [2.45, 2.75) is 19.8 Å².